The molecular formula is C19H23N3O3. The van der Waals surface area contributed by atoms with Crippen LogP contribution in [0, 0.1) is 0 Å². The minimum Gasteiger partial charge on any atom is -0.440 e. The second-order valence-corrected chi connectivity index (χ2v) is 5.98. The van der Waals surface area contributed by atoms with Gasteiger partial charge in [0.15, 0.2) is 12.0 Å². The van der Waals surface area contributed by atoms with Crippen molar-refractivity contribution in [3.05, 3.63) is 53.8 Å². The molecule has 3 rings (SSSR count). The molecule has 1 N–H and O–H groups in total. The smallest absolute Gasteiger partial charge is 0.273 e. The number of piperidine rings is 1. The maximum atomic E-state index is 12.2. The van der Waals surface area contributed by atoms with E-state index in [-0.39, 0.29) is 5.91 Å². The number of nitrogens with one attached hydrogen (secondary N) is 1. The summed E-state index contributed by atoms with van der Waals surface area (Å²) in [6.45, 7) is 2.04. The van der Waals surface area contributed by atoms with Crippen LogP contribution in [0.15, 0.2) is 52.0 Å². The number of methoxy groups -OCH3 is 1. The van der Waals surface area contributed by atoms with Crippen LogP contribution in [-0.2, 0) is 9.53 Å². The first kappa shape index (κ1) is 17.2. The molecule has 1 atom stereocenters. The van der Waals surface area contributed by atoms with Gasteiger partial charge < -0.3 is 14.1 Å². The Hall–Kier alpha value is -2.60. The van der Waals surface area contributed by atoms with Crippen LogP contribution < -0.4 is 10.3 Å². The monoisotopic (exact) mass is 341 g/mol. The van der Waals surface area contributed by atoms with Crippen LogP contribution in [0.1, 0.15) is 36.7 Å². The highest BCUT2D eigenvalue weighted by molar-refractivity contribution is 5.84. The van der Waals surface area contributed by atoms with Crippen LogP contribution in [0.25, 0.3) is 0 Å². The third-order valence-electron chi connectivity index (χ3n) is 4.22. The maximum absolute atomic E-state index is 12.2. The standard InChI is InChI=1S/C19H23N3O3/c1-24-18(15-8-4-2-5-9-15)19(23)21-20-14-16-10-11-17(25-16)22-12-6-3-7-13-22/h2,4-5,8-11,14,18H,3,6-7,12-13H2,1H3,(H,21,23)/b20-14-/t18-/m1/s1. The summed E-state index contributed by atoms with van der Waals surface area (Å²) in [4.78, 5) is 14.5. The predicted molar refractivity (Wildman–Crippen MR) is 96.7 cm³/mol. The van der Waals surface area contributed by atoms with Gasteiger partial charge in [-0.2, -0.15) is 5.10 Å². The molecule has 132 valence electrons. The highest BCUT2D eigenvalue weighted by Crippen LogP contribution is 2.21. The first-order valence-electron chi connectivity index (χ1n) is 8.53. The molecule has 0 saturated carbocycles. The largest absolute Gasteiger partial charge is 0.440 e. The van der Waals surface area contributed by atoms with Gasteiger partial charge in [-0.05, 0) is 30.9 Å². The van der Waals surface area contributed by atoms with Gasteiger partial charge in [-0.15, -0.1) is 0 Å². The zero-order chi connectivity index (χ0) is 17.5. The molecule has 1 fully saturated rings. The molecule has 1 aliphatic heterocycles. The number of hydrogen-bond acceptors (Lipinski definition) is 5. The maximum Gasteiger partial charge on any atom is 0.273 e. The Labute approximate surface area is 147 Å². The summed E-state index contributed by atoms with van der Waals surface area (Å²) in [6.07, 6.45) is 4.47. The summed E-state index contributed by atoms with van der Waals surface area (Å²) >= 11 is 0. The Balaban J connectivity index is 1.57. The first-order valence-corrected chi connectivity index (χ1v) is 8.53. The molecular weight excluding hydrogens is 318 g/mol. The van der Waals surface area contributed by atoms with Gasteiger partial charge in [0, 0.05) is 26.3 Å². The van der Waals surface area contributed by atoms with Crippen LogP contribution in [-0.4, -0.2) is 32.3 Å². The molecule has 0 bridgehead atoms. The van der Waals surface area contributed by atoms with Crippen LogP contribution >= 0.6 is 0 Å². The molecule has 2 aromatic rings. The number of carbonyl (C=O) groups is 1. The molecule has 1 saturated heterocycles. The lowest BCUT2D eigenvalue weighted by atomic mass is 10.1. The fourth-order valence-corrected chi connectivity index (χ4v) is 2.94. The minimum atomic E-state index is -0.695. The zero-order valence-corrected chi connectivity index (χ0v) is 14.4. The van der Waals surface area contributed by atoms with Gasteiger partial charge in [-0.1, -0.05) is 30.3 Å². The summed E-state index contributed by atoms with van der Waals surface area (Å²) in [6, 6.07) is 13.1. The molecule has 0 aliphatic carbocycles. The molecule has 0 unspecified atom stereocenters. The molecule has 1 amide bonds. The average molecular weight is 341 g/mol. The van der Waals surface area contributed by atoms with E-state index in [1.807, 2.05) is 42.5 Å². The lowest BCUT2D eigenvalue weighted by Crippen LogP contribution is -2.28. The molecule has 0 radical (unpaired) electrons. The van der Waals surface area contributed by atoms with Crippen LogP contribution in [0.2, 0.25) is 0 Å². The number of anilines is 1. The highest BCUT2D eigenvalue weighted by atomic mass is 16.5. The van der Waals surface area contributed by atoms with E-state index in [1.54, 1.807) is 0 Å². The van der Waals surface area contributed by atoms with E-state index in [4.69, 9.17) is 9.15 Å². The van der Waals surface area contributed by atoms with E-state index >= 15 is 0 Å². The van der Waals surface area contributed by atoms with Crippen molar-refractivity contribution < 1.29 is 13.9 Å². The Bertz CT molecular complexity index is 706. The van der Waals surface area contributed by atoms with Gasteiger partial charge in [0.05, 0.1) is 6.21 Å². The van der Waals surface area contributed by atoms with Crippen molar-refractivity contribution in [1.29, 1.82) is 0 Å². The number of ether oxygens (including phenoxy) is 1. The molecule has 0 spiro atoms. The summed E-state index contributed by atoms with van der Waals surface area (Å²) in [5.41, 5.74) is 3.28. The van der Waals surface area contributed by atoms with E-state index in [9.17, 15) is 4.79 Å². The second-order valence-electron chi connectivity index (χ2n) is 5.98. The van der Waals surface area contributed by atoms with Gasteiger partial charge in [-0.25, -0.2) is 5.43 Å². The third-order valence-corrected chi connectivity index (χ3v) is 4.22. The van der Waals surface area contributed by atoms with E-state index in [2.05, 4.69) is 15.4 Å². The number of hydrazone groups is 1. The number of rotatable bonds is 6. The van der Waals surface area contributed by atoms with Crippen molar-refractivity contribution in [3.8, 4) is 0 Å². The summed E-state index contributed by atoms with van der Waals surface area (Å²) in [5.74, 6) is 1.13. The van der Waals surface area contributed by atoms with Crippen molar-refractivity contribution in [2.24, 2.45) is 5.10 Å². The highest BCUT2D eigenvalue weighted by Gasteiger charge is 2.19. The predicted octanol–water partition coefficient (Wildman–Crippen LogP) is 3.11. The number of benzene rings is 1. The van der Waals surface area contributed by atoms with Crippen LogP contribution in [0.3, 0.4) is 0 Å². The van der Waals surface area contributed by atoms with Gasteiger partial charge >= 0.3 is 0 Å². The summed E-state index contributed by atoms with van der Waals surface area (Å²) < 4.78 is 11.0. The average Bonchev–Trinajstić information content (AvgIpc) is 3.13. The Kier molecular flexibility index (Phi) is 5.85. The van der Waals surface area contributed by atoms with Gasteiger partial charge in [-0.3, -0.25) is 4.79 Å². The van der Waals surface area contributed by atoms with Crippen LogP contribution in [0.4, 0.5) is 5.88 Å². The topological polar surface area (TPSA) is 67.1 Å². The number of nitrogens with zero attached hydrogens (tertiary/aromatic N) is 2. The Morgan fingerprint density at radius 1 is 1.20 bits per heavy atom. The zero-order valence-electron chi connectivity index (χ0n) is 14.4. The van der Waals surface area contributed by atoms with Crippen LogP contribution in [0.5, 0.6) is 0 Å². The molecule has 2 heterocycles. The van der Waals surface area contributed by atoms with Crippen molar-refractivity contribution >= 4 is 18.0 Å². The van der Waals surface area contributed by atoms with E-state index in [0.717, 1.165) is 24.5 Å². The lowest BCUT2D eigenvalue weighted by molar-refractivity contribution is -0.131. The van der Waals surface area contributed by atoms with Crippen molar-refractivity contribution in [1.82, 2.24) is 5.43 Å². The van der Waals surface area contributed by atoms with Gasteiger partial charge in [0.25, 0.3) is 5.91 Å². The Morgan fingerprint density at radius 2 is 1.96 bits per heavy atom. The normalized spacial score (nSPS) is 16.1. The molecule has 6 heteroatoms. The lowest BCUT2D eigenvalue weighted by Gasteiger charge is -2.25. The third kappa shape index (κ3) is 4.48. The SMILES string of the molecule is CO[C@@H](C(=O)N/N=C\c1ccc(N2CCCCC2)o1)c1ccccc1. The number of amides is 1. The molecule has 25 heavy (non-hydrogen) atoms. The summed E-state index contributed by atoms with van der Waals surface area (Å²) in [5, 5.41) is 3.98. The van der Waals surface area contributed by atoms with Gasteiger partial charge in [0.1, 0.15) is 5.76 Å². The van der Waals surface area contributed by atoms with Gasteiger partial charge in [0.2, 0.25) is 0 Å². The van der Waals surface area contributed by atoms with Crippen molar-refractivity contribution in [3.63, 3.8) is 0 Å². The van der Waals surface area contributed by atoms with E-state index in [0.29, 0.717) is 5.76 Å². The number of carbonyl (C=O) groups excluding carboxylic acids is 1. The summed E-state index contributed by atoms with van der Waals surface area (Å²) in [7, 11) is 1.50. The fourth-order valence-electron chi connectivity index (χ4n) is 2.94. The van der Waals surface area contributed by atoms with Crippen molar-refractivity contribution in [2.75, 3.05) is 25.1 Å². The number of furan rings is 1. The molecule has 1 aromatic carbocycles. The molecule has 1 aromatic heterocycles. The molecule has 6 nitrogen and oxygen atoms in total. The number of hydrogen-bond donors (Lipinski definition) is 1. The molecule has 1 aliphatic rings. The van der Waals surface area contributed by atoms with Crippen molar-refractivity contribution in [2.45, 2.75) is 25.4 Å². The first-order chi connectivity index (χ1) is 12.3. The Morgan fingerprint density at radius 3 is 2.68 bits per heavy atom. The fraction of sp³-hybridized carbons (Fsp3) is 0.368. The quantitative estimate of drug-likeness (QED) is 0.647. The van der Waals surface area contributed by atoms with E-state index < -0.39 is 6.10 Å². The second kappa shape index (κ2) is 8.48. The van der Waals surface area contributed by atoms with E-state index in [1.165, 1.54) is 32.6 Å². The minimum absolute atomic E-state index is 0.326.